The number of hydrogen-bond acceptors (Lipinski definition) is 3. The number of amides is 1. The van der Waals surface area contributed by atoms with Crippen LogP contribution in [0.2, 0.25) is 0 Å². The van der Waals surface area contributed by atoms with Crippen molar-refractivity contribution in [1.82, 2.24) is 14.7 Å². The molecule has 0 aliphatic carbocycles. The minimum absolute atomic E-state index is 0.162. The van der Waals surface area contributed by atoms with E-state index in [1.165, 1.54) is 5.56 Å². The average molecular weight is 284 g/mol. The van der Waals surface area contributed by atoms with Gasteiger partial charge in [-0.1, -0.05) is 30.3 Å². The largest absolute Gasteiger partial charge is 0.365 e. The molecule has 1 aromatic carbocycles. The number of carbonyl (C=O) groups is 1. The Kier molecular flexibility index (Phi) is 3.90. The zero-order chi connectivity index (χ0) is 14.7. The van der Waals surface area contributed by atoms with Crippen molar-refractivity contribution in [2.45, 2.75) is 13.5 Å². The highest BCUT2D eigenvalue weighted by Crippen LogP contribution is 2.16. The fourth-order valence-electron chi connectivity index (χ4n) is 2.65. The summed E-state index contributed by atoms with van der Waals surface area (Å²) in [5.41, 5.74) is 2.38. The molecule has 0 unspecified atom stereocenters. The maximum absolute atomic E-state index is 11.3. The SMILES string of the molecule is CC(=O)N1CCN(c2cnn(Cc3ccccc3)c2)CC1. The van der Waals surface area contributed by atoms with Crippen LogP contribution in [0.15, 0.2) is 42.7 Å². The number of aromatic nitrogens is 2. The van der Waals surface area contributed by atoms with Gasteiger partial charge in [0.05, 0.1) is 18.4 Å². The molecule has 1 amide bonds. The fraction of sp³-hybridized carbons (Fsp3) is 0.375. The maximum Gasteiger partial charge on any atom is 0.219 e. The summed E-state index contributed by atoms with van der Waals surface area (Å²) in [6.45, 7) is 5.74. The van der Waals surface area contributed by atoms with Gasteiger partial charge >= 0.3 is 0 Å². The van der Waals surface area contributed by atoms with E-state index in [1.807, 2.05) is 34.0 Å². The number of carbonyl (C=O) groups excluding carboxylic acids is 1. The summed E-state index contributed by atoms with van der Waals surface area (Å²) in [6, 6.07) is 10.3. The lowest BCUT2D eigenvalue weighted by Gasteiger charge is -2.34. The van der Waals surface area contributed by atoms with Crippen LogP contribution in [0.25, 0.3) is 0 Å². The van der Waals surface area contributed by atoms with Gasteiger partial charge in [-0.3, -0.25) is 9.48 Å². The van der Waals surface area contributed by atoms with Crippen molar-refractivity contribution in [3.63, 3.8) is 0 Å². The van der Waals surface area contributed by atoms with Crippen LogP contribution < -0.4 is 4.90 Å². The lowest BCUT2D eigenvalue weighted by atomic mass is 10.2. The van der Waals surface area contributed by atoms with Gasteiger partial charge in [-0.25, -0.2) is 0 Å². The van der Waals surface area contributed by atoms with Gasteiger partial charge in [0.25, 0.3) is 0 Å². The molecular weight excluding hydrogens is 264 g/mol. The molecule has 0 atom stereocenters. The molecule has 1 aromatic heterocycles. The third kappa shape index (κ3) is 3.24. The molecule has 110 valence electrons. The van der Waals surface area contributed by atoms with E-state index in [0.29, 0.717) is 0 Å². The first-order chi connectivity index (χ1) is 10.2. The fourth-order valence-corrected chi connectivity index (χ4v) is 2.65. The molecule has 3 rings (SSSR count). The minimum atomic E-state index is 0.162. The van der Waals surface area contributed by atoms with Gasteiger partial charge in [0.2, 0.25) is 5.91 Å². The summed E-state index contributed by atoms with van der Waals surface area (Å²) >= 11 is 0. The van der Waals surface area contributed by atoms with Crippen LogP contribution in [0.4, 0.5) is 5.69 Å². The van der Waals surface area contributed by atoms with Crippen molar-refractivity contribution < 1.29 is 4.79 Å². The third-order valence-electron chi connectivity index (χ3n) is 3.90. The second-order valence-electron chi connectivity index (χ2n) is 5.37. The normalized spacial score (nSPS) is 15.3. The van der Waals surface area contributed by atoms with Gasteiger partial charge in [0, 0.05) is 39.3 Å². The number of hydrogen-bond donors (Lipinski definition) is 0. The summed E-state index contributed by atoms with van der Waals surface area (Å²) in [5.74, 6) is 0.162. The molecule has 1 saturated heterocycles. The number of piperazine rings is 1. The molecular formula is C16H20N4O. The second-order valence-corrected chi connectivity index (χ2v) is 5.37. The Morgan fingerprint density at radius 3 is 2.52 bits per heavy atom. The Bertz CT molecular complexity index is 600. The van der Waals surface area contributed by atoms with E-state index in [4.69, 9.17) is 0 Å². The molecule has 0 radical (unpaired) electrons. The van der Waals surface area contributed by atoms with E-state index in [-0.39, 0.29) is 5.91 Å². The quantitative estimate of drug-likeness (QED) is 0.859. The molecule has 5 nitrogen and oxygen atoms in total. The minimum Gasteiger partial charge on any atom is -0.365 e. The average Bonchev–Trinajstić information content (AvgIpc) is 2.97. The van der Waals surface area contributed by atoms with E-state index >= 15 is 0 Å². The molecule has 0 saturated carbocycles. The van der Waals surface area contributed by atoms with E-state index in [2.05, 4.69) is 28.3 Å². The van der Waals surface area contributed by atoms with E-state index in [1.54, 1.807) is 6.92 Å². The molecule has 5 heteroatoms. The topological polar surface area (TPSA) is 41.4 Å². The number of nitrogens with zero attached hydrogens (tertiary/aromatic N) is 4. The number of anilines is 1. The Morgan fingerprint density at radius 2 is 1.86 bits per heavy atom. The summed E-state index contributed by atoms with van der Waals surface area (Å²) in [4.78, 5) is 15.5. The van der Waals surface area contributed by atoms with Crippen LogP contribution in [0.3, 0.4) is 0 Å². The molecule has 0 spiro atoms. The highest BCUT2D eigenvalue weighted by molar-refractivity contribution is 5.73. The summed E-state index contributed by atoms with van der Waals surface area (Å²) in [7, 11) is 0. The zero-order valence-electron chi connectivity index (χ0n) is 12.3. The maximum atomic E-state index is 11.3. The Labute approximate surface area is 124 Å². The van der Waals surface area contributed by atoms with Crippen LogP contribution in [0.1, 0.15) is 12.5 Å². The standard InChI is InChI=1S/C16H20N4O/c1-14(21)18-7-9-19(10-8-18)16-11-17-20(13-16)12-15-5-3-2-4-6-15/h2-6,11,13H,7-10,12H2,1H3. The molecule has 2 heterocycles. The predicted molar refractivity (Wildman–Crippen MR) is 82.2 cm³/mol. The van der Waals surface area contributed by atoms with Crippen molar-refractivity contribution in [3.05, 3.63) is 48.3 Å². The van der Waals surface area contributed by atoms with Gasteiger partial charge in [0.15, 0.2) is 0 Å². The van der Waals surface area contributed by atoms with E-state index in [9.17, 15) is 4.79 Å². The van der Waals surface area contributed by atoms with Crippen molar-refractivity contribution in [2.24, 2.45) is 0 Å². The smallest absolute Gasteiger partial charge is 0.219 e. The highest BCUT2D eigenvalue weighted by Gasteiger charge is 2.19. The Morgan fingerprint density at radius 1 is 1.14 bits per heavy atom. The van der Waals surface area contributed by atoms with Crippen molar-refractivity contribution in [3.8, 4) is 0 Å². The zero-order valence-corrected chi connectivity index (χ0v) is 12.3. The Hall–Kier alpha value is -2.30. The van der Waals surface area contributed by atoms with Gasteiger partial charge in [-0.2, -0.15) is 5.10 Å². The van der Waals surface area contributed by atoms with Crippen LogP contribution in [0, 0.1) is 0 Å². The molecule has 1 aliphatic rings. The number of benzene rings is 1. The second kappa shape index (κ2) is 5.99. The lowest BCUT2D eigenvalue weighted by molar-refractivity contribution is -0.129. The summed E-state index contributed by atoms with van der Waals surface area (Å²) in [6.07, 6.45) is 3.99. The number of rotatable bonds is 3. The molecule has 0 N–H and O–H groups in total. The van der Waals surface area contributed by atoms with Crippen LogP contribution in [0.5, 0.6) is 0 Å². The van der Waals surface area contributed by atoms with Crippen LogP contribution >= 0.6 is 0 Å². The van der Waals surface area contributed by atoms with Crippen molar-refractivity contribution >= 4 is 11.6 Å². The van der Waals surface area contributed by atoms with Gasteiger partial charge in [-0.15, -0.1) is 0 Å². The molecule has 1 fully saturated rings. The third-order valence-corrected chi connectivity index (χ3v) is 3.90. The van der Waals surface area contributed by atoms with Gasteiger partial charge in [0.1, 0.15) is 0 Å². The van der Waals surface area contributed by atoms with Gasteiger partial charge < -0.3 is 9.80 Å². The molecule has 0 bridgehead atoms. The first-order valence-electron chi connectivity index (χ1n) is 7.29. The molecule has 2 aromatic rings. The predicted octanol–water partition coefficient (Wildman–Crippen LogP) is 1.60. The molecule has 21 heavy (non-hydrogen) atoms. The Balaban J connectivity index is 1.62. The van der Waals surface area contributed by atoms with E-state index in [0.717, 1.165) is 38.4 Å². The van der Waals surface area contributed by atoms with Crippen molar-refractivity contribution in [2.75, 3.05) is 31.1 Å². The van der Waals surface area contributed by atoms with Crippen molar-refractivity contribution in [1.29, 1.82) is 0 Å². The molecule has 1 aliphatic heterocycles. The van der Waals surface area contributed by atoms with E-state index < -0.39 is 0 Å². The van der Waals surface area contributed by atoms with Gasteiger partial charge in [-0.05, 0) is 5.56 Å². The monoisotopic (exact) mass is 284 g/mol. The van der Waals surface area contributed by atoms with Crippen LogP contribution in [-0.2, 0) is 11.3 Å². The first-order valence-corrected chi connectivity index (χ1v) is 7.29. The summed E-state index contributed by atoms with van der Waals surface area (Å²) < 4.78 is 1.96. The van der Waals surface area contributed by atoms with Crippen LogP contribution in [-0.4, -0.2) is 46.8 Å². The lowest BCUT2D eigenvalue weighted by Crippen LogP contribution is -2.48. The summed E-state index contributed by atoms with van der Waals surface area (Å²) in [5, 5.41) is 4.44. The first kappa shape index (κ1) is 13.7. The highest BCUT2D eigenvalue weighted by atomic mass is 16.2.